The molecule has 0 atom stereocenters. The highest BCUT2D eigenvalue weighted by Gasteiger charge is 2.24. The molecule has 1 aliphatic rings. The molecule has 0 fully saturated rings. The molecule has 118 valence electrons. The summed E-state index contributed by atoms with van der Waals surface area (Å²) in [5.74, 6) is 0.664. The van der Waals surface area contributed by atoms with E-state index in [1.807, 2.05) is 6.92 Å². The highest BCUT2D eigenvalue weighted by molar-refractivity contribution is 5.59. The second-order valence-corrected chi connectivity index (χ2v) is 5.23. The molecule has 0 saturated carbocycles. The SMILES string of the molecule is Cc1ccc(F)cc1Nc1nnc(-c2noc3c2COCC3)o1. The first-order valence-electron chi connectivity index (χ1n) is 7.13. The van der Waals surface area contributed by atoms with Crippen LogP contribution in [0.4, 0.5) is 16.1 Å². The minimum Gasteiger partial charge on any atom is -0.401 e. The monoisotopic (exact) mass is 316 g/mol. The number of halogens is 1. The molecular weight excluding hydrogens is 303 g/mol. The summed E-state index contributed by atoms with van der Waals surface area (Å²) >= 11 is 0. The molecule has 0 aliphatic carbocycles. The molecule has 0 amide bonds. The van der Waals surface area contributed by atoms with Crippen molar-refractivity contribution in [2.24, 2.45) is 0 Å². The summed E-state index contributed by atoms with van der Waals surface area (Å²) in [7, 11) is 0. The number of hydrogen-bond acceptors (Lipinski definition) is 7. The van der Waals surface area contributed by atoms with Crippen molar-refractivity contribution >= 4 is 11.7 Å². The molecule has 0 bridgehead atoms. The van der Waals surface area contributed by atoms with Crippen LogP contribution < -0.4 is 5.32 Å². The van der Waals surface area contributed by atoms with E-state index in [4.69, 9.17) is 13.7 Å². The molecule has 0 spiro atoms. The van der Waals surface area contributed by atoms with Crippen molar-refractivity contribution in [2.75, 3.05) is 11.9 Å². The van der Waals surface area contributed by atoms with Gasteiger partial charge in [0, 0.05) is 12.1 Å². The van der Waals surface area contributed by atoms with Gasteiger partial charge < -0.3 is 19.0 Å². The molecule has 0 radical (unpaired) electrons. The highest BCUT2D eigenvalue weighted by atomic mass is 19.1. The third kappa shape index (κ3) is 2.57. The molecule has 7 nitrogen and oxygen atoms in total. The normalized spacial score (nSPS) is 13.8. The highest BCUT2D eigenvalue weighted by Crippen LogP contribution is 2.29. The predicted octanol–water partition coefficient (Wildman–Crippen LogP) is 2.99. The molecule has 8 heteroatoms. The lowest BCUT2D eigenvalue weighted by Gasteiger charge is -2.09. The van der Waals surface area contributed by atoms with Crippen LogP contribution in [-0.2, 0) is 17.8 Å². The van der Waals surface area contributed by atoms with Crippen molar-refractivity contribution in [1.82, 2.24) is 15.4 Å². The number of aromatic nitrogens is 3. The lowest BCUT2D eigenvalue weighted by Crippen LogP contribution is -2.07. The predicted molar refractivity (Wildman–Crippen MR) is 77.6 cm³/mol. The van der Waals surface area contributed by atoms with Crippen molar-refractivity contribution in [2.45, 2.75) is 20.0 Å². The van der Waals surface area contributed by atoms with E-state index in [9.17, 15) is 4.39 Å². The summed E-state index contributed by atoms with van der Waals surface area (Å²) in [6.07, 6.45) is 0.671. The fourth-order valence-corrected chi connectivity index (χ4v) is 2.41. The summed E-state index contributed by atoms with van der Waals surface area (Å²) in [4.78, 5) is 0. The van der Waals surface area contributed by atoms with Crippen LogP contribution in [0.1, 0.15) is 16.9 Å². The number of ether oxygens (including phenoxy) is 1. The number of fused-ring (bicyclic) bond motifs is 1. The van der Waals surface area contributed by atoms with Gasteiger partial charge in [0.2, 0.25) is 0 Å². The number of anilines is 2. The topological polar surface area (TPSA) is 86.2 Å². The minimum atomic E-state index is -0.347. The van der Waals surface area contributed by atoms with Crippen LogP contribution in [0.5, 0.6) is 0 Å². The Kier molecular flexibility index (Phi) is 3.30. The van der Waals surface area contributed by atoms with E-state index >= 15 is 0 Å². The zero-order valence-corrected chi connectivity index (χ0v) is 12.3. The zero-order chi connectivity index (χ0) is 15.8. The van der Waals surface area contributed by atoms with E-state index in [2.05, 4.69) is 20.7 Å². The van der Waals surface area contributed by atoms with E-state index in [0.717, 1.165) is 16.9 Å². The lowest BCUT2D eigenvalue weighted by atomic mass is 10.1. The van der Waals surface area contributed by atoms with Gasteiger partial charge in [0.1, 0.15) is 11.6 Å². The molecule has 2 aromatic heterocycles. The van der Waals surface area contributed by atoms with E-state index in [-0.39, 0.29) is 17.7 Å². The standard InChI is InChI=1S/C15H13FN4O3/c1-8-2-3-9(16)6-11(8)17-15-19-18-14(22-15)13-10-7-21-5-4-12(10)23-20-13/h2-3,6H,4-5,7H2,1H3,(H,17,19). The van der Waals surface area contributed by atoms with Gasteiger partial charge in [-0.2, -0.15) is 0 Å². The molecule has 23 heavy (non-hydrogen) atoms. The van der Waals surface area contributed by atoms with Crippen LogP contribution in [0.25, 0.3) is 11.6 Å². The minimum absolute atomic E-state index is 0.155. The first-order valence-corrected chi connectivity index (χ1v) is 7.13. The Labute approximate surface area is 130 Å². The molecule has 4 rings (SSSR count). The number of nitrogens with zero attached hydrogens (tertiary/aromatic N) is 3. The second-order valence-electron chi connectivity index (χ2n) is 5.23. The molecule has 3 heterocycles. The summed E-state index contributed by atoms with van der Waals surface area (Å²) in [5.41, 5.74) is 2.73. The first-order chi connectivity index (χ1) is 11.2. The first kappa shape index (κ1) is 13.9. The Morgan fingerprint density at radius 1 is 1.26 bits per heavy atom. The maximum Gasteiger partial charge on any atom is 0.320 e. The molecule has 1 N–H and O–H groups in total. The van der Waals surface area contributed by atoms with Gasteiger partial charge in [-0.25, -0.2) is 4.39 Å². The molecule has 1 aromatic carbocycles. The largest absolute Gasteiger partial charge is 0.401 e. The van der Waals surface area contributed by atoms with Gasteiger partial charge in [-0.05, 0) is 24.6 Å². The quantitative estimate of drug-likeness (QED) is 0.795. The molecule has 1 aliphatic heterocycles. The van der Waals surface area contributed by atoms with Gasteiger partial charge in [0.15, 0.2) is 5.69 Å². The average molecular weight is 316 g/mol. The number of nitrogens with one attached hydrogen (secondary N) is 1. The van der Waals surface area contributed by atoms with Crippen molar-refractivity contribution in [3.63, 3.8) is 0 Å². The van der Waals surface area contributed by atoms with E-state index in [1.54, 1.807) is 6.07 Å². The van der Waals surface area contributed by atoms with Gasteiger partial charge in [-0.1, -0.05) is 16.3 Å². The number of rotatable bonds is 3. The maximum absolute atomic E-state index is 13.3. The van der Waals surface area contributed by atoms with E-state index in [1.165, 1.54) is 12.1 Å². The maximum atomic E-state index is 13.3. The van der Waals surface area contributed by atoms with Gasteiger partial charge in [-0.15, -0.1) is 5.10 Å². The van der Waals surface area contributed by atoms with E-state index < -0.39 is 0 Å². The Balaban J connectivity index is 1.62. The average Bonchev–Trinajstić information content (AvgIpc) is 3.17. The van der Waals surface area contributed by atoms with Gasteiger partial charge in [0.05, 0.1) is 18.8 Å². The summed E-state index contributed by atoms with van der Waals surface area (Å²) in [6.45, 7) is 2.86. The summed E-state index contributed by atoms with van der Waals surface area (Å²) in [5, 5.41) is 14.8. The number of hydrogen-bond donors (Lipinski definition) is 1. The molecule has 0 unspecified atom stereocenters. The third-order valence-corrected chi connectivity index (χ3v) is 3.66. The van der Waals surface area contributed by atoms with Gasteiger partial charge >= 0.3 is 6.01 Å². The van der Waals surface area contributed by atoms with Crippen LogP contribution in [0, 0.1) is 12.7 Å². The smallest absolute Gasteiger partial charge is 0.320 e. The molecular formula is C15H13FN4O3. The van der Waals surface area contributed by atoms with Gasteiger partial charge in [-0.3, -0.25) is 0 Å². The summed E-state index contributed by atoms with van der Waals surface area (Å²) < 4.78 is 29.6. The Hall–Kier alpha value is -2.74. The Morgan fingerprint density at radius 3 is 3.09 bits per heavy atom. The Morgan fingerprint density at radius 2 is 2.17 bits per heavy atom. The van der Waals surface area contributed by atoms with Crippen LogP contribution in [0.15, 0.2) is 27.1 Å². The van der Waals surface area contributed by atoms with Crippen molar-refractivity contribution in [3.8, 4) is 11.6 Å². The van der Waals surface area contributed by atoms with Crippen LogP contribution in [-0.4, -0.2) is 22.0 Å². The van der Waals surface area contributed by atoms with Gasteiger partial charge in [0.25, 0.3) is 5.89 Å². The van der Waals surface area contributed by atoms with E-state index in [0.29, 0.717) is 31.0 Å². The van der Waals surface area contributed by atoms with Crippen molar-refractivity contribution in [3.05, 3.63) is 40.9 Å². The zero-order valence-electron chi connectivity index (χ0n) is 12.3. The fraction of sp³-hybridized carbons (Fsp3) is 0.267. The lowest BCUT2D eigenvalue weighted by molar-refractivity contribution is 0.103. The van der Waals surface area contributed by atoms with Crippen LogP contribution >= 0.6 is 0 Å². The van der Waals surface area contributed by atoms with Crippen molar-refractivity contribution in [1.29, 1.82) is 0 Å². The second kappa shape index (κ2) is 5.47. The fourth-order valence-electron chi connectivity index (χ4n) is 2.41. The third-order valence-electron chi connectivity index (χ3n) is 3.66. The van der Waals surface area contributed by atoms with Crippen LogP contribution in [0.3, 0.4) is 0 Å². The molecule has 3 aromatic rings. The molecule has 0 saturated heterocycles. The van der Waals surface area contributed by atoms with Crippen LogP contribution in [0.2, 0.25) is 0 Å². The Bertz CT molecular complexity index is 858. The number of benzene rings is 1. The van der Waals surface area contributed by atoms with Crippen molar-refractivity contribution < 1.29 is 18.1 Å². The summed E-state index contributed by atoms with van der Waals surface area (Å²) in [6, 6.07) is 4.58. The number of aryl methyl sites for hydroxylation is 1.